The van der Waals surface area contributed by atoms with Gasteiger partial charge in [-0.05, 0) is 49.1 Å². The highest BCUT2D eigenvalue weighted by atomic mass is 32.2. The fraction of sp³-hybridized carbons (Fsp3) is 0.190. The van der Waals surface area contributed by atoms with E-state index in [-0.39, 0.29) is 4.90 Å². The van der Waals surface area contributed by atoms with Crippen LogP contribution in [0.25, 0.3) is 10.2 Å². The summed E-state index contributed by atoms with van der Waals surface area (Å²) in [6, 6.07) is 10.1. The molecule has 0 fully saturated rings. The molecule has 0 aliphatic heterocycles. The molecule has 0 aliphatic rings. The van der Waals surface area contributed by atoms with E-state index in [1.165, 1.54) is 18.4 Å². The molecule has 1 N–H and O–H groups in total. The average Bonchev–Trinajstić information content (AvgIpc) is 3.07. The van der Waals surface area contributed by atoms with Crippen LogP contribution < -0.4 is 10.1 Å². The summed E-state index contributed by atoms with van der Waals surface area (Å²) >= 11 is 1.59. The molecule has 0 radical (unpaired) electrons. The number of nitrogens with zero attached hydrogens (tertiary/aromatic N) is 3. The Morgan fingerprint density at radius 3 is 2.77 bits per heavy atom. The number of aromatic nitrogens is 3. The lowest BCUT2D eigenvalue weighted by molar-refractivity contribution is 0.455. The van der Waals surface area contributed by atoms with Crippen LogP contribution >= 0.6 is 11.3 Å². The largest absolute Gasteiger partial charge is 0.439 e. The molecule has 4 rings (SSSR count). The number of thiophene rings is 1. The van der Waals surface area contributed by atoms with Gasteiger partial charge in [0.2, 0.25) is 5.88 Å². The zero-order valence-electron chi connectivity index (χ0n) is 16.7. The summed E-state index contributed by atoms with van der Waals surface area (Å²) in [4.78, 5) is 14.5. The third kappa shape index (κ3) is 4.27. The second-order valence-corrected chi connectivity index (χ2v) is 9.76. The summed E-state index contributed by atoms with van der Waals surface area (Å²) in [6.07, 6.45) is 2.80. The van der Waals surface area contributed by atoms with Crippen LogP contribution in [0.1, 0.15) is 17.0 Å². The molecule has 1 aromatic carbocycles. The molecule has 3 heterocycles. The van der Waals surface area contributed by atoms with Crippen LogP contribution in [0.15, 0.2) is 52.9 Å². The molecule has 0 unspecified atom stereocenters. The third-order valence-electron chi connectivity index (χ3n) is 4.47. The first-order valence-electron chi connectivity index (χ1n) is 9.19. The fourth-order valence-electron chi connectivity index (χ4n) is 3.03. The number of pyridine rings is 1. The number of rotatable bonds is 6. The van der Waals surface area contributed by atoms with E-state index in [4.69, 9.17) is 4.74 Å². The van der Waals surface area contributed by atoms with Gasteiger partial charge in [-0.3, -0.25) is 0 Å². The molecule has 3 aromatic heterocycles. The van der Waals surface area contributed by atoms with E-state index in [1.54, 1.807) is 29.7 Å². The lowest BCUT2D eigenvalue weighted by Crippen LogP contribution is -2.06. The summed E-state index contributed by atoms with van der Waals surface area (Å²) in [5, 5.41) is 6.45. The lowest BCUT2D eigenvalue weighted by Gasteiger charge is -2.12. The number of hydrogen-bond acceptors (Lipinski definition) is 8. The van der Waals surface area contributed by atoms with Crippen molar-refractivity contribution in [2.24, 2.45) is 0 Å². The maximum absolute atomic E-state index is 11.8. The predicted molar refractivity (Wildman–Crippen MR) is 118 cm³/mol. The van der Waals surface area contributed by atoms with E-state index in [2.05, 4.69) is 25.6 Å². The van der Waals surface area contributed by atoms with Crippen molar-refractivity contribution in [3.63, 3.8) is 0 Å². The van der Waals surface area contributed by atoms with Gasteiger partial charge in [-0.1, -0.05) is 12.1 Å². The average molecular weight is 441 g/mol. The number of hydrogen-bond donors (Lipinski definition) is 1. The Hall–Kier alpha value is -3.04. The van der Waals surface area contributed by atoms with Crippen LogP contribution in [0, 0.1) is 13.8 Å². The summed E-state index contributed by atoms with van der Waals surface area (Å²) in [7, 11) is -3.32. The molecule has 4 aromatic rings. The van der Waals surface area contributed by atoms with Crippen molar-refractivity contribution in [2.45, 2.75) is 25.3 Å². The van der Waals surface area contributed by atoms with E-state index in [1.807, 2.05) is 26.0 Å². The molecular weight excluding hydrogens is 420 g/mol. The summed E-state index contributed by atoms with van der Waals surface area (Å²) in [6.45, 7) is 4.35. The number of aryl methyl sites for hydroxylation is 2. The summed E-state index contributed by atoms with van der Waals surface area (Å²) in [5.74, 6) is 2.28. The van der Waals surface area contributed by atoms with Crippen molar-refractivity contribution in [1.82, 2.24) is 15.0 Å². The van der Waals surface area contributed by atoms with Gasteiger partial charge in [0.15, 0.2) is 9.84 Å². The Kier molecular flexibility index (Phi) is 5.40. The quantitative estimate of drug-likeness (QED) is 0.471. The molecule has 0 amide bonds. The van der Waals surface area contributed by atoms with E-state index < -0.39 is 9.84 Å². The first kappa shape index (κ1) is 20.2. The van der Waals surface area contributed by atoms with Gasteiger partial charge in [-0.2, -0.15) is 0 Å². The third-order valence-corrected chi connectivity index (χ3v) is 6.57. The molecule has 0 bridgehead atoms. The van der Waals surface area contributed by atoms with E-state index in [9.17, 15) is 8.42 Å². The van der Waals surface area contributed by atoms with Crippen molar-refractivity contribution in [1.29, 1.82) is 0 Å². The minimum Gasteiger partial charge on any atom is -0.439 e. The van der Waals surface area contributed by atoms with Crippen LogP contribution in [0.2, 0.25) is 0 Å². The summed E-state index contributed by atoms with van der Waals surface area (Å²) < 4.78 is 29.5. The smallest absolute Gasteiger partial charge is 0.224 e. The van der Waals surface area contributed by atoms with Gasteiger partial charge in [0.05, 0.1) is 10.3 Å². The fourth-order valence-corrected chi connectivity index (χ4v) is 4.65. The molecule has 9 heteroatoms. The zero-order chi connectivity index (χ0) is 21.3. The molecule has 154 valence electrons. The first-order valence-corrected chi connectivity index (χ1v) is 12.0. The first-order chi connectivity index (χ1) is 14.3. The minimum atomic E-state index is -3.32. The van der Waals surface area contributed by atoms with Gasteiger partial charge in [0, 0.05) is 24.6 Å². The van der Waals surface area contributed by atoms with Crippen LogP contribution in [0.4, 0.5) is 5.82 Å². The van der Waals surface area contributed by atoms with Gasteiger partial charge < -0.3 is 10.1 Å². The number of fused-ring (bicyclic) bond motifs is 1. The van der Waals surface area contributed by atoms with Gasteiger partial charge in [-0.15, -0.1) is 11.3 Å². The number of nitrogens with one attached hydrogen (secondary N) is 1. The van der Waals surface area contributed by atoms with Crippen LogP contribution in [0.3, 0.4) is 0 Å². The molecule has 0 saturated carbocycles. The number of ether oxygens (including phenoxy) is 1. The highest BCUT2D eigenvalue weighted by molar-refractivity contribution is 7.90. The topological polar surface area (TPSA) is 94.1 Å². The maximum atomic E-state index is 11.8. The molecule has 0 spiro atoms. The zero-order valence-corrected chi connectivity index (χ0v) is 18.3. The van der Waals surface area contributed by atoms with Gasteiger partial charge in [-0.25, -0.2) is 23.4 Å². The van der Waals surface area contributed by atoms with Crippen LogP contribution in [-0.2, 0) is 16.4 Å². The second kappa shape index (κ2) is 8.00. The Balaban J connectivity index is 1.60. The highest BCUT2D eigenvalue weighted by Gasteiger charge is 2.13. The molecular formula is C21H20N4O3S2. The van der Waals surface area contributed by atoms with E-state index >= 15 is 0 Å². The van der Waals surface area contributed by atoms with Crippen molar-refractivity contribution >= 4 is 37.2 Å². The Morgan fingerprint density at radius 2 is 1.97 bits per heavy atom. The van der Waals surface area contributed by atoms with E-state index in [0.717, 1.165) is 27.2 Å². The van der Waals surface area contributed by atoms with Crippen molar-refractivity contribution in [2.75, 3.05) is 11.6 Å². The maximum Gasteiger partial charge on any atom is 0.224 e. The van der Waals surface area contributed by atoms with E-state index in [0.29, 0.717) is 24.0 Å². The lowest BCUT2D eigenvalue weighted by atomic mass is 10.2. The predicted octanol–water partition coefficient (Wildman–Crippen LogP) is 4.51. The Bertz CT molecular complexity index is 1330. The Labute approximate surface area is 178 Å². The molecule has 7 nitrogen and oxygen atoms in total. The summed E-state index contributed by atoms with van der Waals surface area (Å²) in [5.41, 5.74) is 1.94. The molecule has 0 saturated heterocycles. The van der Waals surface area contributed by atoms with Gasteiger partial charge in [0.1, 0.15) is 22.2 Å². The number of anilines is 1. The normalized spacial score (nSPS) is 11.6. The van der Waals surface area contributed by atoms with Gasteiger partial charge >= 0.3 is 0 Å². The monoisotopic (exact) mass is 440 g/mol. The van der Waals surface area contributed by atoms with Gasteiger partial charge in [0.25, 0.3) is 0 Å². The van der Waals surface area contributed by atoms with Crippen molar-refractivity contribution in [3.8, 4) is 11.6 Å². The number of benzene rings is 1. The minimum absolute atomic E-state index is 0.197. The standard InChI is InChI=1S/C21H20N4O3S2/c1-13-12-29-21-18(13)19(24-14(2)25-21)23-11-15-6-5-9-22-20(15)28-16-7-4-8-17(10-16)30(3,26)27/h4-10,12H,11H2,1-3H3,(H,23,24,25). The molecule has 0 aliphatic carbocycles. The second-order valence-electron chi connectivity index (χ2n) is 6.89. The number of sulfone groups is 1. The highest BCUT2D eigenvalue weighted by Crippen LogP contribution is 2.30. The Morgan fingerprint density at radius 1 is 1.13 bits per heavy atom. The molecule has 0 atom stereocenters. The van der Waals surface area contributed by atoms with Crippen LogP contribution in [0.5, 0.6) is 11.6 Å². The van der Waals surface area contributed by atoms with Crippen molar-refractivity contribution in [3.05, 3.63) is 64.9 Å². The van der Waals surface area contributed by atoms with Crippen molar-refractivity contribution < 1.29 is 13.2 Å². The molecule has 30 heavy (non-hydrogen) atoms. The van der Waals surface area contributed by atoms with Crippen LogP contribution in [-0.4, -0.2) is 29.6 Å². The SMILES string of the molecule is Cc1nc(NCc2cccnc2Oc2cccc(S(C)(=O)=O)c2)c2c(C)csc2n1.